The first-order valence-electron chi connectivity index (χ1n) is 9.86. The summed E-state index contributed by atoms with van der Waals surface area (Å²) in [6.45, 7) is 0. The van der Waals surface area contributed by atoms with Crippen molar-refractivity contribution < 1.29 is 22.4 Å². The Bertz CT molecular complexity index is 1360. The summed E-state index contributed by atoms with van der Waals surface area (Å²) in [7, 11) is 0. The van der Waals surface area contributed by atoms with Crippen LogP contribution in [0.2, 0.25) is 0 Å². The summed E-state index contributed by atoms with van der Waals surface area (Å²) in [4.78, 5) is 16.0. The van der Waals surface area contributed by atoms with Crippen LogP contribution >= 0.6 is 15.9 Å². The molecule has 2 aliphatic heterocycles. The molecule has 4 nitrogen and oxygen atoms in total. The summed E-state index contributed by atoms with van der Waals surface area (Å²) in [6.07, 6.45) is 8.05. The molecule has 0 unspecified atom stereocenters. The number of aromatic nitrogens is 4. The summed E-state index contributed by atoms with van der Waals surface area (Å²) in [5, 5.41) is 0. The number of hydrogen-bond acceptors (Lipinski definition) is 2. The van der Waals surface area contributed by atoms with E-state index >= 15 is 0 Å². The van der Waals surface area contributed by atoms with Crippen LogP contribution in [0.25, 0.3) is 46.4 Å². The van der Waals surface area contributed by atoms with Crippen LogP contribution in [0.4, 0.5) is 0 Å². The molecular formula is C26H18AuBrN4. The van der Waals surface area contributed by atoms with E-state index in [4.69, 9.17) is 0 Å². The predicted molar refractivity (Wildman–Crippen MR) is 132 cm³/mol. The van der Waals surface area contributed by atoms with Crippen LogP contribution in [0.3, 0.4) is 0 Å². The molecule has 3 aromatic heterocycles. The normalized spacial score (nSPS) is 11.4. The van der Waals surface area contributed by atoms with Gasteiger partial charge in [-0.3, -0.25) is 0 Å². The molecule has 0 saturated heterocycles. The molecular weight excluding hydrogens is 645 g/mol. The molecule has 0 radical (unpaired) electrons. The zero-order valence-electron chi connectivity index (χ0n) is 16.8. The van der Waals surface area contributed by atoms with Gasteiger partial charge in [-0.25, -0.2) is 9.97 Å². The molecule has 0 fully saturated rings. The molecule has 0 spiro atoms. The van der Waals surface area contributed by atoms with E-state index < -0.39 is 0 Å². The Hall–Kier alpha value is -2.96. The van der Waals surface area contributed by atoms with Gasteiger partial charge in [0.25, 0.3) is 0 Å². The average molecular weight is 663 g/mol. The Balaban J connectivity index is 0.000000265. The quantitative estimate of drug-likeness (QED) is 0.137. The van der Waals surface area contributed by atoms with Gasteiger partial charge >= 0.3 is 22.4 Å². The fourth-order valence-electron chi connectivity index (χ4n) is 3.31. The molecule has 2 aliphatic rings. The van der Waals surface area contributed by atoms with Crippen LogP contribution in [0, 0.1) is 6.07 Å². The molecule has 0 amide bonds. The molecule has 0 atom stereocenters. The summed E-state index contributed by atoms with van der Waals surface area (Å²) in [6, 6.07) is 26.9. The van der Waals surface area contributed by atoms with E-state index in [0.717, 1.165) is 49.3 Å². The maximum absolute atomic E-state index is 4.62. The number of hydrogen-bond donors (Lipinski definition) is 2. The van der Waals surface area contributed by atoms with Crippen LogP contribution < -0.4 is 0 Å². The van der Waals surface area contributed by atoms with Crippen molar-refractivity contribution in [1.29, 1.82) is 0 Å². The fourth-order valence-corrected chi connectivity index (χ4v) is 3.57. The van der Waals surface area contributed by atoms with Gasteiger partial charge in [-0.1, -0.05) is 20.4 Å². The Morgan fingerprint density at radius 2 is 0.969 bits per heavy atom. The van der Waals surface area contributed by atoms with Crippen molar-refractivity contribution >= 4 is 62.3 Å². The van der Waals surface area contributed by atoms with Gasteiger partial charge in [-0.2, -0.15) is 30.3 Å². The van der Waals surface area contributed by atoms with Gasteiger partial charge in [-0.05, 0) is 72.8 Å². The first-order valence-corrected chi connectivity index (χ1v) is 10.6. The number of nitrogens with one attached hydrogen (secondary N) is 2. The molecule has 0 saturated carbocycles. The smallest absolute Gasteiger partial charge is 0.355 e. The summed E-state index contributed by atoms with van der Waals surface area (Å²) >= 11 is 3.29. The number of rotatable bonds is 0. The first-order chi connectivity index (χ1) is 15.2. The van der Waals surface area contributed by atoms with Gasteiger partial charge in [0.1, 0.15) is 0 Å². The van der Waals surface area contributed by atoms with E-state index in [1.807, 2.05) is 66.8 Å². The van der Waals surface area contributed by atoms with Crippen molar-refractivity contribution in [1.82, 2.24) is 19.9 Å². The van der Waals surface area contributed by atoms with Crippen molar-refractivity contribution in [3.63, 3.8) is 0 Å². The monoisotopic (exact) mass is 662 g/mol. The summed E-state index contributed by atoms with van der Waals surface area (Å²) < 4.78 is 1.10. The van der Waals surface area contributed by atoms with Crippen molar-refractivity contribution in [2.75, 3.05) is 0 Å². The average Bonchev–Trinajstić information content (AvgIpc) is 3.55. The second-order valence-electron chi connectivity index (χ2n) is 7.12. The number of aromatic amines is 2. The number of H-pyrrole nitrogens is 2. The number of fused-ring (bicyclic) bond motifs is 8. The summed E-state index contributed by atoms with van der Waals surface area (Å²) in [5.74, 6) is 0. The van der Waals surface area contributed by atoms with Gasteiger partial charge in [0, 0.05) is 22.1 Å². The maximum atomic E-state index is 4.62. The van der Waals surface area contributed by atoms with Gasteiger partial charge < -0.3 is 9.97 Å². The van der Waals surface area contributed by atoms with E-state index in [9.17, 15) is 0 Å². The van der Waals surface area contributed by atoms with Crippen molar-refractivity contribution in [3.05, 3.63) is 106 Å². The van der Waals surface area contributed by atoms with Gasteiger partial charge in [0.15, 0.2) is 0 Å². The molecule has 1 aromatic carbocycles. The fraction of sp³-hybridized carbons (Fsp3) is 0. The maximum Gasteiger partial charge on any atom is 1.00 e. The number of halogens is 1. The van der Waals surface area contributed by atoms with Crippen molar-refractivity contribution in [2.45, 2.75) is 0 Å². The molecule has 160 valence electrons. The second kappa shape index (κ2) is 10.1. The number of benzene rings is 1. The minimum atomic E-state index is 0. The largest absolute Gasteiger partial charge is 1.00 e. The molecule has 4 aromatic rings. The Kier molecular flexibility index (Phi) is 7.02. The van der Waals surface area contributed by atoms with Crippen LogP contribution in [0.5, 0.6) is 0 Å². The zero-order chi connectivity index (χ0) is 21.0. The van der Waals surface area contributed by atoms with Crippen LogP contribution in [0.1, 0.15) is 22.8 Å². The van der Waals surface area contributed by atoms with Crippen LogP contribution in [0.15, 0.2) is 77.3 Å². The minimum Gasteiger partial charge on any atom is -0.355 e. The number of nitrogens with zero attached hydrogens (tertiary/aromatic N) is 2. The molecule has 6 heteroatoms. The first kappa shape index (κ1) is 22.2. The predicted octanol–water partition coefficient (Wildman–Crippen LogP) is 6.90. The Morgan fingerprint density at radius 3 is 1.38 bits per heavy atom. The third kappa shape index (κ3) is 5.64. The third-order valence-electron chi connectivity index (χ3n) is 4.72. The van der Waals surface area contributed by atoms with E-state index in [0.29, 0.717) is 0 Å². The van der Waals surface area contributed by atoms with Gasteiger partial charge in [-0.15, -0.1) is 0 Å². The SMILES string of the molecule is Brc1cc[c-]cc1.C1=Cc2cc3ccc(cc4ccc(cc5nc(cc1n2)C=C5)[nH]4)[nH]3.[Au+]. The topological polar surface area (TPSA) is 57.4 Å². The molecule has 0 aliphatic carbocycles. The molecule has 8 bridgehead atoms. The van der Waals surface area contributed by atoms with Gasteiger partial charge in [0.2, 0.25) is 0 Å². The zero-order valence-corrected chi connectivity index (χ0v) is 20.6. The van der Waals surface area contributed by atoms with E-state index in [-0.39, 0.29) is 22.4 Å². The van der Waals surface area contributed by atoms with Crippen LogP contribution in [-0.2, 0) is 22.4 Å². The summed E-state index contributed by atoms with van der Waals surface area (Å²) in [5.41, 5.74) is 7.86. The third-order valence-corrected chi connectivity index (χ3v) is 5.25. The second-order valence-corrected chi connectivity index (χ2v) is 8.04. The van der Waals surface area contributed by atoms with Crippen molar-refractivity contribution in [3.8, 4) is 0 Å². The van der Waals surface area contributed by atoms with Crippen LogP contribution in [-0.4, -0.2) is 19.9 Å². The Labute approximate surface area is 209 Å². The molecule has 2 N–H and O–H groups in total. The Morgan fingerprint density at radius 1 is 0.562 bits per heavy atom. The van der Waals surface area contributed by atoms with Crippen molar-refractivity contribution in [2.24, 2.45) is 0 Å². The van der Waals surface area contributed by atoms with E-state index in [1.165, 1.54) is 0 Å². The molecule has 5 heterocycles. The van der Waals surface area contributed by atoms with E-state index in [2.05, 4.69) is 72.3 Å². The molecule has 32 heavy (non-hydrogen) atoms. The van der Waals surface area contributed by atoms with Gasteiger partial charge in [0.05, 0.1) is 22.8 Å². The standard InChI is InChI=1S/C20H14N4.C6H4Br.Au/c1-2-14-10-16-5-6-18(23-16)12-20-8-7-19(24-20)11-17-4-3-15(22-17)9-13(1)21-14;7-6-4-2-1-3-5-6;/h1-12,21-22H;2-5H;/q;-1;+1. The molecule has 6 rings (SSSR count). The minimum absolute atomic E-state index is 0. The van der Waals surface area contributed by atoms with E-state index in [1.54, 1.807) is 0 Å².